The fraction of sp³-hybridized carbons (Fsp3) is 0.615. The summed E-state index contributed by atoms with van der Waals surface area (Å²) >= 11 is 5.86. The molecule has 104 valence electrons. The maximum atomic E-state index is 8.45. The Morgan fingerprint density at radius 1 is 1.39 bits per heavy atom. The third-order valence-electron chi connectivity index (χ3n) is 3.15. The Labute approximate surface area is 116 Å². The van der Waals surface area contributed by atoms with E-state index in [4.69, 9.17) is 21.2 Å². The lowest BCUT2D eigenvalue weighted by Crippen LogP contribution is -2.41. The van der Waals surface area contributed by atoms with E-state index in [0.717, 1.165) is 5.57 Å². The largest absolute Gasteiger partial charge is 0.413 e. The molecular weight excluding hydrogens is 266 g/mol. The second kappa shape index (κ2) is 7.12. The maximum absolute atomic E-state index is 8.45. The standard InChI is InChI=1S/C13H24ClNO2Si/c1-11(14)9-12(7-8-15-16)10-17-18(5,6)13(2,3)4/h7-9,16H,10H2,1-6H3/b11-9+,12-7+,15-8+. The van der Waals surface area contributed by atoms with Gasteiger partial charge in [-0.2, -0.15) is 0 Å². The minimum atomic E-state index is -1.78. The molecule has 0 heterocycles. The Bertz CT molecular complexity index is 350. The third-order valence-corrected chi connectivity index (χ3v) is 7.73. The number of halogens is 1. The summed E-state index contributed by atoms with van der Waals surface area (Å²) in [5.41, 5.74) is 0.894. The number of allylic oxidation sites excluding steroid dienone is 2. The molecule has 0 aliphatic carbocycles. The zero-order valence-corrected chi connectivity index (χ0v) is 13.9. The van der Waals surface area contributed by atoms with E-state index < -0.39 is 8.32 Å². The van der Waals surface area contributed by atoms with Crippen molar-refractivity contribution in [2.45, 2.75) is 45.8 Å². The van der Waals surface area contributed by atoms with Crippen molar-refractivity contribution < 1.29 is 9.63 Å². The van der Waals surface area contributed by atoms with Gasteiger partial charge in [-0.05, 0) is 42.8 Å². The van der Waals surface area contributed by atoms with Gasteiger partial charge in [0.2, 0.25) is 0 Å². The molecule has 0 amide bonds. The first-order valence-corrected chi connectivity index (χ1v) is 9.23. The SMILES string of the molecule is C\C(Cl)=C/C(=C\C=N\O)CO[Si](C)(C)C(C)(C)C. The molecule has 0 saturated heterocycles. The first-order chi connectivity index (χ1) is 8.10. The van der Waals surface area contributed by atoms with Crippen LogP contribution in [0.15, 0.2) is 27.9 Å². The highest BCUT2D eigenvalue weighted by atomic mass is 35.5. The molecule has 0 rings (SSSR count). The number of nitrogens with zero attached hydrogens (tertiary/aromatic N) is 1. The molecule has 0 saturated carbocycles. The monoisotopic (exact) mass is 289 g/mol. The molecule has 0 atom stereocenters. The molecule has 0 aromatic rings. The molecule has 0 radical (unpaired) electrons. The second-order valence-corrected chi connectivity index (χ2v) is 11.2. The van der Waals surface area contributed by atoms with E-state index >= 15 is 0 Å². The summed E-state index contributed by atoms with van der Waals surface area (Å²) < 4.78 is 6.08. The van der Waals surface area contributed by atoms with E-state index in [1.165, 1.54) is 6.21 Å². The van der Waals surface area contributed by atoms with E-state index in [9.17, 15) is 0 Å². The van der Waals surface area contributed by atoms with Crippen LogP contribution in [0.3, 0.4) is 0 Å². The van der Waals surface area contributed by atoms with E-state index in [0.29, 0.717) is 11.6 Å². The number of hydrogen-bond acceptors (Lipinski definition) is 3. The van der Waals surface area contributed by atoms with Gasteiger partial charge in [-0.25, -0.2) is 0 Å². The van der Waals surface area contributed by atoms with E-state index in [2.05, 4.69) is 39.0 Å². The molecule has 3 nitrogen and oxygen atoms in total. The number of hydrogen-bond donors (Lipinski definition) is 1. The Hall–Kier alpha value is -0.583. The minimum Gasteiger partial charge on any atom is -0.413 e. The van der Waals surface area contributed by atoms with Gasteiger partial charge in [-0.3, -0.25) is 0 Å². The fourth-order valence-electron chi connectivity index (χ4n) is 1.00. The van der Waals surface area contributed by atoms with E-state index in [1.54, 1.807) is 13.0 Å². The lowest BCUT2D eigenvalue weighted by Gasteiger charge is -2.36. The molecule has 0 aromatic heterocycles. The van der Waals surface area contributed by atoms with Crippen molar-refractivity contribution in [2.75, 3.05) is 6.61 Å². The highest BCUT2D eigenvalue weighted by Gasteiger charge is 2.37. The average Bonchev–Trinajstić information content (AvgIpc) is 2.20. The first kappa shape index (κ1) is 17.4. The van der Waals surface area contributed by atoms with Crippen LogP contribution in [-0.4, -0.2) is 26.3 Å². The van der Waals surface area contributed by atoms with Crippen LogP contribution in [0.1, 0.15) is 27.7 Å². The zero-order valence-electron chi connectivity index (χ0n) is 12.1. The molecule has 0 aromatic carbocycles. The van der Waals surface area contributed by atoms with Crippen molar-refractivity contribution in [1.29, 1.82) is 0 Å². The molecule has 5 heteroatoms. The molecule has 0 aliphatic rings. The predicted octanol–water partition coefficient (Wildman–Crippen LogP) is 4.54. The van der Waals surface area contributed by atoms with Gasteiger partial charge in [-0.15, -0.1) is 0 Å². The number of rotatable bonds is 5. The van der Waals surface area contributed by atoms with Crippen molar-refractivity contribution in [1.82, 2.24) is 0 Å². The highest BCUT2D eigenvalue weighted by molar-refractivity contribution is 6.74. The van der Waals surface area contributed by atoms with Crippen molar-refractivity contribution >= 4 is 26.1 Å². The van der Waals surface area contributed by atoms with Gasteiger partial charge in [0.15, 0.2) is 8.32 Å². The van der Waals surface area contributed by atoms with Crippen LogP contribution in [0.5, 0.6) is 0 Å². The topological polar surface area (TPSA) is 41.8 Å². The smallest absolute Gasteiger partial charge is 0.192 e. The number of oxime groups is 1. The molecule has 0 aliphatic heterocycles. The zero-order chi connectivity index (χ0) is 14.4. The van der Waals surface area contributed by atoms with Crippen LogP contribution >= 0.6 is 11.6 Å². The van der Waals surface area contributed by atoms with Crippen LogP contribution < -0.4 is 0 Å². The minimum absolute atomic E-state index is 0.170. The lowest BCUT2D eigenvalue weighted by molar-refractivity contribution is 0.319. The van der Waals surface area contributed by atoms with Gasteiger partial charge >= 0.3 is 0 Å². The summed E-state index contributed by atoms with van der Waals surface area (Å²) in [4.78, 5) is 0. The van der Waals surface area contributed by atoms with Crippen molar-refractivity contribution in [3.8, 4) is 0 Å². The van der Waals surface area contributed by atoms with Crippen LogP contribution in [0.25, 0.3) is 0 Å². The van der Waals surface area contributed by atoms with Crippen LogP contribution in [0, 0.1) is 0 Å². The molecular formula is C13H24ClNO2Si. The quantitative estimate of drug-likeness (QED) is 0.265. The second-order valence-electron chi connectivity index (χ2n) is 5.79. The highest BCUT2D eigenvalue weighted by Crippen LogP contribution is 2.36. The Morgan fingerprint density at radius 3 is 2.33 bits per heavy atom. The summed E-state index contributed by atoms with van der Waals surface area (Å²) in [5, 5.41) is 12.2. The summed E-state index contributed by atoms with van der Waals surface area (Å²) in [6, 6.07) is 0. The average molecular weight is 290 g/mol. The lowest BCUT2D eigenvalue weighted by atomic mass is 10.2. The molecule has 0 fully saturated rings. The Kier molecular flexibility index (Phi) is 6.89. The van der Waals surface area contributed by atoms with Gasteiger partial charge in [0.25, 0.3) is 0 Å². The van der Waals surface area contributed by atoms with Crippen molar-refractivity contribution in [3.63, 3.8) is 0 Å². The van der Waals surface area contributed by atoms with Crippen LogP contribution in [-0.2, 0) is 4.43 Å². The van der Waals surface area contributed by atoms with Crippen LogP contribution in [0.2, 0.25) is 18.1 Å². The molecule has 1 N–H and O–H groups in total. The summed E-state index contributed by atoms with van der Waals surface area (Å²) in [7, 11) is -1.78. The van der Waals surface area contributed by atoms with Gasteiger partial charge in [0.1, 0.15) is 0 Å². The normalized spacial score (nSPS) is 15.5. The summed E-state index contributed by atoms with van der Waals surface area (Å²) in [6.45, 7) is 13.3. The van der Waals surface area contributed by atoms with Gasteiger partial charge in [0, 0.05) is 5.03 Å². The van der Waals surface area contributed by atoms with Crippen molar-refractivity contribution in [2.24, 2.45) is 5.16 Å². The predicted molar refractivity (Wildman–Crippen MR) is 81.1 cm³/mol. The van der Waals surface area contributed by atoms with Gasteiger partial charge in [-0.1, -0.05) is 37.5 Å². The molecule has 18 heavy (non-hydrogen) atoms. The van der Waals surface area contributed by atoms with Gasteiger partial charge in [0.05, 0.1) is 12.8 Å². The van der Waals surface area contributed by atoms with E-state index in [1.807, 2.05) is 6.08 Å². The maximum Gasteiger partial charge on any atom is 0.192 e. The van der Waals surface area contributed by atoms with E-state index in [-0.39, 0.29) is 5.04 Å². The molecule has 0 bridgehead atoms. The summed E-state index contributed by atoms with van der Waals surface area (Å²) in [6.07, 6.45) is 4.83. The van der Waals surface area contributed by atoms with Crippen molar-refractivity contribution in [3.05, 3.63) is 22.8 Å². The Morgan fingerprint density at radius 2 is 1.94 bits per heavy atom. The van der Waals surface area contributed by atoms with Gasteiger partial charge < -0.3 is 9.63 Å². The fourth-order valence-corrected chi connectivity index (χ4v) is 2.10. The molecule has 0 unspecified atom stereocenters. The summed E-state index contributed by atoms with van der Waals surface area (Å²) in [5.74, 6) is 0. The first-order valence-electron chi connectivity index (χ1n) is 5.94. The van der Waals surface area contributed by atoms with Crippen LogP contribution in [0.4, 0.5) is 0 Å². The third kappa shape index (κ3) is 6.38. The molecule has 0 spiro atoms. The Balaban J connectivity index is 4.79.